The first kappa shape index (κ1) is 27.3. The number of ether oxygens (including phenoxy) is 3. The topological polar surface area (TPSA) is 85.3 Å². The number of Topliss-reactive ketones (excluding diaryl/α,β-unsaturated/α-hetero) is 1. The van der Waals surface area contributed by atoms with E-state index in [-0.39, 0.29) is 17.4 Å². The van der Waals surface area contributed by atoms with Crippen LogP contribution >= 0.6 is 0 Å². The number of ketones is 1. The zero-order chi connectivity index (χ0) is 26.4. The van der Waals surface area contributed by atoms with Crippen LogP contribution in [0.2, 0.25) is 0 Å². The van der Waals surface area contributed by atoms with Crippen molar-refractivity contribution < 1.29 is 28.9 Å². The molecule has 1 unspecified atom stereocenters. The molecule has 0 aliphatic carbocycles. The highest BCUT2D eigenvalue weighted by Gasteiger charge is 2.46. The van der Waals surface area contributed by atoms with Crippen molar-refractivity contribution in [3.05, 3.63) is 64.7 Å². The van der Waals surface area contributed by atoms with E-state index in [9.17, 15) is 14.7 Å². The summed E-state index contributed by atoms with van der Waals surface area (Å²) >= 11 is 0. The molecule has 7 heteroatoms. The molecule has 2 aromatic rings. The first-order chi connectivity index (χ1) is 17.1. The van der Waals surface area contributed by atoms with Gasteiger partial charge in [-0.05, 0) is 74.6 Å². The van der Waals surface area contributed by atoms with E-state index < -0.39 is 17.7 Å². The molecule has 0 saturated carbocycles. The number of nitrogens with zero attached hydrogens (tertiary/aromatic N) is 1. The molecule has 194 valence electrons. The van der Waals surface area contributed by atoms with Gasteiger partial charge in [0, 0.05) is 18.7 Å². The van der Waals surface area contributed by atoms with Crippen LogP contribution in [-0.2, 0) is 14.3 Å². The summed E-state index contributed by atoms with van der Waals surface area (Å²) in [6.07, 6.45) is 0.637. The Kier molecular flexibility index (Phi) is 9.15. The molecule has 1 N–H and O–H groups in total. The number of carbonyl (C=O) groups excluding carboxylic acids is 2. The van der Waals surface area contributed by atoms with Crippen LogP contribution in [0.3, 0.4) is 0 Å². The molecular weight excluding hydrogens is 458 g/mol. The number of aliphatic hydroxyl groups excluding tert-OH is 1. The molecule has 1 saturated heterocycles. The smallest absolute Gasteiger partial charge is 0.295 e. The van der Waals surface area contributed by atoms with Crippen LogP contribution in [0.25, 0.3) is 5.76 Å². The van der Waals surface area contributed by atoms with Crippen molar-refractivity contribution in [2.24, 2.45) is 5.92 Å². The van der Waals surface area contributed by atoms with Gasteiger partial charge in [-0.15, -0.1) is 0 Å². The lowest BCUT2D eigenvalue weighted by molar-refractivity contribution is -0.140. The Bertz CT molecular complexity index is 1120. The summed E-state index contributed by atoms with van der Waals surface area (Å²) in [5.41, 5.74) is 2.04. The molecule has 2 aromatic carbocycles. The Hall–Kier alpha value is -3.32. The molecule has 1 fully saturated rings. The second-order valence-corrected chi connectivity index (χ2v) is 9.73. The Morgan fingerprint density at radius 2 is 1.83 bits per heavy atom. The molecule has 0 aromatic heterocycles. The summed E-state index contributed by atoms with van der Waals surface area (Å²) < 4.78 is 16.9. The number of hydrogen-bond donors (Lipinski definition) is 1. The van der Waals surface area contributed by atoms with Crippen LogP contribution in [0, 0.1) is 12.8 Å². The van der Waals surface area contributed by atoms with Gasteiger partial charge in [0.2, 0.25) is 0 Å². The van der Waals surface area contributed by atoms with Gasteiger partial charge in [-0.2, -0.15) is 0 Å². The minimum Gasteiger partial charge on any atom is -0.507 e. The number of aliphatic hydroxyl groups is 1. The molecule has 1 atom stereocenters. The lowest BCUT2D eigenvalue weighted by Crippen LogP contribution is -2.31. The van der Waals surface area contributed by atoms with Crippen LogP contribution < -0.4 is 9.47 Å². The standard InChI is InChI=1S/C29H37NO6/c1-18(2)17-36-24-12-11-22(15-20(24)5)27(31)25-26(21-9-7-10-23(16-21)34-6)30(29(33)28(25)32)13-8-14-35-19(3)4/h7,9-12,15-16,18-19,26,31H,8,13-14,17H2,1-6H3/b27-25-. The van der Waals surface area contributed by atoms with Gasteiger partial charge in [0.25, 0.3) is 11.7 Å². The largest absolute Gasteiger partial charge is 0.507 e. The molecule has 1 aliphatic rings. The summed E-state index contributed by atoms with van der Waals surface area (Å²) in [7, 11) is 1.56. The molecule has 3 rings (SSSR count). The third-order valence-electron chi connectivity index (χ3n) is 5.96. The lowest BCUT2D eigenvalue weighted by atomic mass is 9.94. The number of amides is 1. The third-order valence-corrected chi connectivity index (χ3v) is 5.96. The lowest BCUT2D eigenvalue weighted by Gasteiger charge is -2.26. The molecule has 0 spiro atoms. The average molecular weight is 496 g/mol. The molecule has 36 heavy (non-hydrogen) atoms. The maximum atomic E-state index is 13.2. The van der Waals surface area contributed by atoms with Crippen molar-refractivity contribution in [1.29, 1.82) is 0 Å². The van der Waals surface area contributed by atoms with Crippen molar-refractivity contribution in [3.63, 3.8) is 0 Å². The molecule has 1 heterocycles. The van der Waals surface area contributed by atoms with Crippen molar-refractivity contribution in [2.75, 3.05) is 26.9 Å². The fourth-order valence-electron chi connectivity index (χ4n) is 4.19. The summed E-state index contributed by atoms with van der Waals surface area (Å²) in [5.74, 6) is 0.146. The fourth-order valence-corrected chi connectivity index (χ4v) is 4.19. The highest BCUT2D eigenvalue weighted by atomic mass is 16.5. The van der Waals surface area contributed by atoms with Gasteiger partial charge in [0.1, 0.15) is 17.3 Å². The number of methoxy groups -OCH3 is 1. The second-order valence-electron chi connectivity index (χ2n) is 9.73. The molecular formula is C29H37NO6. The number of aryl methyl sites for hydroxylation is 1. The Morgan fingerprint density at radius 1 is 1.08 bits per heavy atom. The van der Waals surface area contributed by atoms with Gasteiger partial charge in [-0.3, -0.25) is 9.59 Å². The van der Waals surface area contributed by atoms with Crippen LogP contribution in [0.4, 0.5) is 0 Å². The molecule has 0 bridgehead atoms. The predicted octanol–water partition coefficient (Wildman–Crippen LogP) is 5.28. The van der Waals surface area contributed by atoms with Crippen LogP contribution in [0.15, 0.2) is 48.0 Å². The number of hydrogen-bond acceptors (Lipinski definition) is 6. The van der Waals surface area contributed by atoms with Crippen molar-refractivity contribution in [1.82, 2.24) is 4.90 Å². The van der Waals surface area contributed by atoms with E-state index in [1.165, 1.54) is 4.90 Å². The van der Waals surface area contributed by atoms with E-state index in [1.807, 2.05) is 26.8 Å². The summed E-state index contributed by atoms with van der Waals surface area (Å²) in [5, 5.41) is 11.3. The van der Waals surface area contributed by atoms with Gasteiger partial charge in [-0.25, -0.2) is 0 Å². The number of carbonyl (C=O) groups is 2. The van der Waals surface area contributed by atoms with Crippen LogP contribution in [-0.4, -0.2) is 54.7 Å². The zero-order valence-corrected chi connectivity index (χ0v) is 22.0. The van der Waals surface area contributed by atoms with Crippen molar-refractivity contribution in [3.8, 4) is 11.5 Å². The molecule has 7 nitrogen and oxygen atoms in total. The van der Waals surface area contributed by atoms with E-state index in [0.29, 0.717) is 49.0 Å². The monoisotopic (exact) mass is 495 g/mol. The normalized spacial score (nSPS) is 17.3. The summed E-state index contributed by atoms with van der Waals surface area (Å²) in [6, 6.07) is 11.8. The van der Waals surface area contributed by atoms with Gasteiger partial charge in [-0.1, -0.05) is 26.0 Å². The van der Waals surface area contributed by atoms with Gasteiger partial charge >= 0.3 is 0 Å². The number of rotatable bonds is 11. The van der Waals surface area contributed by atoms with E-state index >= 15 is 0 Å². The third kappa shape index (κ3) is 6.26. The van der Waals surface area contributed by atoms with Gasteiger partial charge in [0.05, 0.1) is 31.4 Å². The van der Waals surface area contributed by atoms with Crippen LogP contribution in [0.5, 0.6) is 11.5 Å². The predicted molar refractivity (Wildman–Crippen MR) is 139 cm³/mol. The van der Waals surface area contributed by atoms with E-state index in [0.717, 1.165) is 11.3 Å². The highest BCUT2D eigenvalue weighted by molar-refractivity contribution is 6.46. The van der Waals surface area contributed by atoms with E-state index in [1.54, 1.807) is 43.5 Å². The maximum Gasteiger partial charge on any atom is 0.295 e. The number of likely N-dealkylation sites (tertiary alicyclic amines) is 1. The Balaban J connectivity index is 2.02. The van der Waals surface area contributed by atoms with Crippen LogP contribution in [0.1, 0.15) is 56.8 Å². The summed E-state index contributed by atoms with van der Waals surface area (Å²) in [4.78, 5) is 27.9. The fraction of sp³-hybridized carbons (Fsp3) is 0.448. The number of benzene rings is 2. The maximum absolute atomic E-state index is 13.2. The molecule has 1 amide bonds. The quantitative estimate of drug-likeness (QED) is 0.198. The average Bonchev–Trinajstić information content (AvgIpc) is 3.10. The minimum atomic E-state index is -0.740. The van der Waals surface area contributed by atoms with E-state index in [2.05, 4.69) is 13.8 Å². The SMILES string of the molecule is COc1cccc(C2/C(=C(/O)c3ccc(OCC(C)C)c(C)c3)C(=O)C(=O)N2CCCOC(C)C)c1. The first-order valence-corrected chi connectivity index (χ1v) is 12.4. The summed E-state index contributed by atoms with van der Waals surface area (Å²) in [6.45, 7) is 11.3. The van der Waals surface area contributed by atoms with Gasteiger partial charge in [0.15, 0.2) is 0 Å². The van der Waals surface area contributed by atoms with E-state index in [4.69, 9.17) is 14.2 Å². The molecule has 0 radical (unpaired) electrons. The first-order valence-electron chi connectivity index (χ1n) is 12.4. The Morgan fingerprint density at radius 3 is 2.47 bits per heavy atom. The highest BCUT2D eigenvalue weighted by Crippen LogP contribution is 2.40. The Labute approximate surface area is 213 Å². The minimum absolute atomic E-state index is 0.0632. The van der Waals surface area contributed by atoms with Crippen molar-refractivity contribution >= 4 is 17.4 Å². The molecule has 1 aliphatic heterocycles. The second kappa shape index (κ2) is 12.1. The van der Waals surface area contributed by atoms with Crippen molar-refractivity contribution in [2.45, 2.75) is 53.2 Å². The zero-order valence-electron chi connectivity index (χ0n) is 22.0. The van der Waals surface area contributed by atoms with Gasteiger partial charge < -0.3 is 24.2 Å².